The molecule has 0 amide bonds. The first-order valence-electron chi connectivity index (χ1n) is 8.12. The summed E-state index contributed by atoms with van der Waals surface area (Å²) in [6.45, 7) is 2.27. The van der Waals surface area contributed by atoms with E-state index in [0.29, 0.717) is 0 Å². The van der Waals surface area contributed by atoms with Gasteiger partial charge in [-0.05, 0) is 62.9 Å². The van der Waals surface area contributed by atoms with Crippen LogP contribution in [0.25, 0.3) is 11.3 Å². The van der Waals surface area contributed by atoms with E-state index in [9.17, 15) is 0 Å². The summed E-state index contributed by atoms with van der Waals surface area (Å²) in [7, 11) is 0. The molecular weight excluding hydrogens is 422 g/mol. The number of pyridine rings is 1. The van der Waals surface area contributed by atoms with Crippen LogP contribution in [-0.2, 0) is 6.42 Å². The summed E-state index contributed by atoms with van der Waals surface area (Å²) in [6, 6.07) is 8.49. The van der Waals surface area contributed by atoms with Gasteiger partial charge in [-0.15, -0.1) is 11.3 Å². The van der Waals surface area contributed by atoms with Crippen molar-refractivity contribution in [2.24, 2.45) is 0 Å². The molecule has 120 valence electrons. The summed E-state index contributed by atoms with van der Waals surface area (Å²) in [5.41, 5.74) is 3.45. The van der Waals surface area contributed by atoms with Gasteiger partial charge in [-0.1, -0.05) is 51.5 Å². The van der Waals surface area contributed by atoms with E-state index in [1.165, 1.54) is 56.2 Å². The Morgan fingerprint density at radius 3 is 2.41 bits per heavy atom. The molecule has 0 aliphatic rings. The molecule has 0 bridgehead atoms. The third-order valence-corrected chi connectivity index (χ3v) is 6.12. The lowest BCUT2D eigenvalue weighted by atomic mass is 10.1. The fraction of sp³-hybridized carbons (Fsp3) is 0.500. The maximum atomic E-state index is 4.82. The number of aromatic nitrogens is 1. The lowest BCUT2D eigenvalue weighted by Gasteiger charge is -2.04. The van der Waals surface area contributed by atoms with Crippen molar-refractivity contribution in [3.8, 4) is 11.3 Å². The van der Waals surface area contributed by atoms with Crippen LogP contribution in [0.2, 0.25) is 0 Å². The van der Waals surface area contributed by atoms with Crippen LogP contribution in [0.5, 0.6) is 0 Å². The summed E-state index contributed by atoms with van der Waals surface area (Å²) >= 11 is 8.85. The highest BCUT2D eigenvalue weighted by atomic mass is 79.9. The molecule has 2 aromatic rings. The van der Waals surface area contributed by atoms with Gasteiger partial charge in [-0.3, -0.25) is 4.98 Å². The highest BCUT2D eigenvalue weighted by molar-refractivity contribution is 9.12. The second-order valence-corrected chi connectivity index (χ2v) is 9.37. The first-order chi connectivity index (χ1) is 10.7. The predicted octanol–water partition coefficient (Wildman–Crippen LogP) is 7.63. The molecule has 0 aliphatic carbocycles. The van der Waals surface area contributed by atoms with Crippen LogP contribution in [0.15, 0.2) is 31.8 Å². The molecule has 0 saturated carbocycles. The standard InChI is InChI=1S/C18H23Br2NS/c1-2-3-4-5-6-7-8-10-14-11-9-12-16(21-14)15-13-17(19)22-18(15)20/h9,11-13H,2-8,10H2,1H3. The van der Waals surface area contributed by atoms with Gasteiger partial charge in [0.05, 0.1) is 13.3 Å². The quantitative estimate of drug-likeness (QED) is 0.362. The van der Waals surface area contributed by atoms with Crippen LogP contribution in [0.1, 0.15) is 57.6 Å². The van der Waals surface area contributed by atoms with Gasteiger partial charge in [0.25, 0.3) is 0 Å². The molecular formula is C18H23Br2NS. The van der Waals surface area contributed by atoms with Crippen LogP contribution in [0, 0.1) is 0 Å². The van der Waals surface area contributed by atoms with Crippen molar-refractivity contribution in [3.05, 3.63) is 37.5 Å². The van der Waals surface area contributed by atoms with Crippen LogP contribution >= 0.6 is 43.2 Å². The SMILES string of the molecule is CCCCCCCCCc1cccc(-c2cc(Br)sc2Br)n1. The van der Waals surface area contributed by atoms with E-state index in [1.807, 2.05) is 0 Å². The first-order valence-corrected chi connectivity index (χ1v) is 10.5. The molecule has 1 nitrogen and oxygen atoms in total. The normalized spacial score (nSPS) is 11.0. The minimum Gasteiger partial charge on any atom is -0.253 e. The molecule has 0 unspecified atom stereocenters. The average Bonchev–Trinajstić information content (AvgIpc) is 2.85. The van der Waals surface area contributed by atoms with Crippen LogP contribution in [0.4, 0.5) is 0 Å². The second-order valence-electron chi connectivity index (χ2n) is 5.62. The van der Waals surface area contributed by atoms with Gasteiger partial charge in [-0.25, -0.2) is 0 Å². The monoisotopic (exact) mass is 443 g/mol. The van der Waals surface area contributed by atoms with Crippen molar-refractivity contribution in [3.63, 3.8) is 0 Å². The van der Waals surface area contributed by atoms with Gasteiger partial charge in [0.15, 0.2) is 0 Å². The molecule has 0 spiro atoms. The molecule has 22 heavy (non-hydrogen) atoms. The Bertz CT molecular complexity index is 580. The van der Waals surface area contributed by atoms with E-state index in [2.05, 4.69) is 63.0 Å². The van der Waals surface area contributed by atoms with E-state index >= 15 is 0 Å². The minimum absolute atomic E-state index is 1.06. The number of hydrogen-bond donors (Lipinski definition) is 0. The Labute approximate surface area is 154 Å². The van der Waals surface area contributed by atoms with Gasteiger partial charge >= 0.3 is 0 Å². The van der Waals surface area contributed by atoms with Gasteiger partial charge < -0.3 is 0 Å². The van der Waals surface area contributed by atoms with Crippen molar-refractivity contribution in [2.45, 2.75) is 58.3 Å². The number of unbranched alkanes of at least 4 members (excludes halogenated alkanes) is 6. The third kappa shape index (κ3) is 5.78. The summed E-state index contributed by atoms with van der Waals surface area (Å²) in [4.78, 5) is 4.82. The van der Waals surface area contributed by atoms with Crippen molar-refractivity contribution in [1.29, 1.82) is 0 Å². The van der Waals surface area contributed by atoms with Gasteiger partial charge in [0, 0.05) is 11.3 Å². The molecule has 2 heterocycles. The Kier molecular flexibility index (Phi) is 8.12. The van der Waals surface area contributed by atoms with E-state index in [-0.39, 0.29) is 0 Å². The molecule has 2 aromatic heterocycles. The lowest BCUT2D eigenvalue weighted by Crippen LogP contribution is -1.92. The van der Waals surface area contributed by atoms with Gasteiger partial charge in [0.2, 0.25) is 0 Å². The first kappa shape index (κ1) is 18.2. The Hall–Kier alpha value is -0.190. The molecule has 0 atom stereocenters. The zero-order valence-corrected chi connectivity index (χ0v) is 17.1. The van der Waals surface area contributed by atoms with Crippen molar-refractivity contribution >= 4 is 43.2 Å². The van der Waals surface area contributed by atoms with Crippen LogP contribution < -0.4 is 0 Å². The molecule has 4 heteroatoms. The number of hydrogen-bond acceptors (Lipinski definition) is 2. The molecule has 0 N–H and O–H groups in total. The largest absolute Gasteiger partial charge is 0.253 e. The summed E-state index contributed by atoms with van der Waals surface area (Å²) in [5, 5.41) is 0. The fourth-order valence-electron chi connectivity index (χ4n) is 2.55. The summed E-state index contributed by atoms with van der Waals surface area (Å²) < 4.78 is 2.27. The lowest BCUT2D eigenvalue weighted by molar-refractivity contribution is 0.587. The van der Waals surface area contributed by atoms with Crippen molar-refractivity contribution in [2.75, 3.05) is 0 Å². The smallest absolute Gasteiger partial charge is 0.0804 e. The number of halogens is 2. The third-order valence-electron chi connectivity index (χ3n) is 3.78. The van der Waals surface area contributed by atoms with E-state index in [1.54, 1.807) is 11.3 Å². The van der Waals surface area contributed by atoms with Gasteiger partial charge in [0.1, 0.15) is 0 Å². The van der Waals surface area contributed by atoms with E-state index < -0.39 is 0 Å². The molecule has 2 rings (SSSR count). The Morgan fingerprint density at radius 1 is 1.00 bits per heavy atom. The molecule has 0 saturated heterocycles. The average molecular weight is 445 g/mol. The van der Waals surface area contributed by atoms with E-state index in [4.69, 9.17) is 4.98 Å². The zero-order valence-electron chi connectivity index (χ0n) is 13.1. The fourth-order valence-corrected chi connectivity index (χ4v) is 5.38. The molecule has 0 fully saturated rings. The minimum atomic E-state index is 1.06. The molecule has 0 aliphatic heterocycles. The second kappa shape index (κ2) is 9.84. The number of rotatable bonds is 9. The Balaban J connectivity index is 1.83. The van der Waals surface area contributed by atoms with E-state index in [0.717, 1.165) is 19.7 Å². The summed E-state index contributed by atoms with van der Waals surface area (Å²) in [6.07, 6.45) is 10.5. The van der Waals surface area contributed by atoms with Gasteiger partial charge in [-0.2, -0.15) is 0 Å². The predicted molar refractivity (Wildman–Crippen MR) is 105 cm³/mol. The number of nitrogens with zero attached hydrogens (tertiary/aromatic N) is 1. The topological polar surface area (TPSA) is 12.9 Å². The number of thiophene rings is 1. The summed E-state index contributed by atoms with van der Waals surface area (Å²) in [5.74, 6) is 0. The van der Waals surface area contributed by atoms with Crippen LogP contribution in [-0.4, -0.2) is 4.98 Å². The molecule has 0 radical (unpaired) electrons. The molecule has 0 aromatic carbocycles. The highest BCUT2D eigenvalue weighted by Gasteiger charge is 2.09. The zero-order chi connectivity index (χ0) is 15.8. The maximum absolute atomic E-state index is 4.82. The van der Waals surface area contributed by atoms with Crippen molar-refractivity contribution < 1.29 is 0 Å². The number of aryl methyl sites for hydroxylation is 1. The van der Waals surface area contributed by atoms with Crippen molar-refractivity contribution in [1.82, 2.24) is 4.98 Å². The highest BCUT2D eigenvalue weighted by Crippen LogP contribution is 2.37. The maximum Gasteiger partial charge on any atom is 0.0804 e. The van der Waals surface area contributed by atoms with Crippen LogP contribution in [0.3, 0.4) is 0 Å². The Morgan fingerprint density at radius 2 is 1.73 bits per heavy atom.